The number of carboxylic acids is 1. The fourth-order valence-corrected chi connectivity index (χ4v) is 3.54. The molecule has 0 aromatic heterocycles. The van der Waals surface area contributed by atoms with Gasteiger partial charge in [0.15, 0.2) is 0 Å². The average Bonchev–Trinajstić information content (AvgIpc) is 2.99. The molecule has 0 aromatic carbocycles. The van der Waals surface area contributed by atoms with Gasteiger partial charge in [-0.1, -0.05) is 6.42 Å². The summed E-state index contributed by atoms with van der Waals surface area (Å²) < 4.78 is 0. The van der Waals surface area contributed by atoms with E-state index in [4.69, 9.17) is 15.8 Å². The maximum absolute atomic E-state index is 11.5. The third kappa shape index (κ3) is 4.17. The highest BCUT2D eigenvalue weighted by Gasteiger charge is 2.49. The highest BCUT2D eigenvalue weighted by Crippen LogP contribution is 2.31. The molecule has 120 valence electrons. The van der Waals surface area contributed by atoms with Crippen LogP contribution in [0.1, 0.15) is 25.7 Å². The molecule has 0 aromatic rings. The molecule has 2 aliphatic rings. The summed E-state index contributed by atoms with van der Waals surface area (Å²) in [5, 5.41) is 30.7. The van der Waals surface area contributed by atoms with Crippen molar-refractivity contribution in [2.75, 3.05) is 26.2 Å². The van der Waals surface area contributed by atoms with Gasteiger partial charge in [-0.05, 0) is 32.1 Å². The van der Waals surface area contributed by atoms with E-state index in [0.29, 0.717) is 32.0 Å². The quantitative estimate of drug-likeness (QED) is 0.371. The van der Waals surface area contributed by atoms with Gasteiger partial charge in [0.05, 0.1) is 0 Å². The molecule has 2 rings (SSSR count). The van der Waals surface area contributed by atoms with Crippen molar-refractivity contribution in [2.45, 2.75) is 43.6 Å². The minimum atomic E-state index is -1.33. The van der Waals surface area contributed by atoms with Gasteiger partial charge in [0, 0.05) is 31.6 Å². The summed E-state index contributed by atoms with van der Waals surface area (Å²) in [6, 6.07) is 0.432. The largest absolute Gasteiger partial charge is 0.480 e. The number of nitrogens with two attached hydrogens (primary N) is 1. The number of carboxylic acid groups (broad SMARTS) is 1. The van der Waals surface area contributed by atoms with Crippen molar-refractivity contribution in [3.05, 3.63) is 0 Å². The zero-order valence-electron chi connectivity index (χ0n) is 12.4. The molecule has 7 nitrogen and oxygen atoms in total. The lowest BCUT2D eigenvalue weighted by Crippen LogP contribution is -2.55. The van der Waals surface area contributed by atoms with Crippen LogP contribution in [-0.2, 0) is 4.79 Å². The number of rotatable bonds is 7. The van der Waals surface area contributed by atoms with E-state index in [0.717, 1.165) is 19.5 Å². The van der Waals surface area contributed by atoms with E-state index in [1.807, 2.05) is 0 Å². The molecule has 0 aliphatic carbocycles. The van der Waals surface area contributed by atoms with Crippen LogP contribution in [0, 0.1) is 5.92 Å². The maximum Gasteiger partial charge on any atom is 0.451 e. The molecule has 8 heteroatoms. The summed E-state index contributed by atoms with van der Waals surface area (Å²) in [6.07, 6.45) is 3.74. The molecule has 0 bridgehead atoms. The predicted octanol–water partition coefficient (Wildman–Crippen LogP) is -1.29. The van der Waals surface area contributed by atoms with E-state index in [-0.39, 0.29) is 12.2 Å². The van der Waals surface area contributed by atoms with Gasteiger partial charge in [-0.3, -0.25) is 9.69 Å². The topological polar surface area (TPSA) is 119 Å². The molecule has 2 heterocycles. The van der Waals surface area contributed by atoms with Crippen molar-refractivity contribution in [1.82, 2.24) is 10.2 Å². The van der Waals surface area contributed by atoms with Gasteiger partial charge in [0.1, 0.15) is 5.54 Å². The first-order chi connectivity index (χ1) is 9.91. The summed E-state index contributed by atoms with van der Waals surface area (Å²) in [6.45, 7) is 2.91. The molecule has 2 aliphatic heterocycles. The first-order valence-electron chi connectivity index (χ1n) is 7.76. The Bertz CT molecular complexity index is 365. The average molecular weight is 299 g/mol. The van der Waals surface area contributed by atoms with E-state index >= 15 is 0 Å². The summed E-state index contributed by atoms with van der Waals surface area (Å²) in [4.78, 5) is 13.7. The van der Waals surface area contributed by atoms with Gasteiger partial charge in [0.2, 0.25) is 0 Å². The molecule has 2 fully saturated rings. The summed E-state index contributed by atoms with van der Waals surface area (Å²) in [5.74, 6) is -1.10. The maximum atomic E-state index is 11.5. The molecule has 0 unspecified atom stereocenters. The monoisotopic (exact) mass is 299 g/mol. The lowest BCUT2D eigenvalue weighted by molar-refractivity contribution is -0.144. The predicted molar refractivity (Wildman–Crippen MR) is 79.7 cm³/mol. The third-order valence-electron chi connectivity index (χ3n) is 4.75. The van der Waals surface area contributed by atoms with Crippen molar-refractivity contribution in [3.63, 3.8) is 0 Å². The van der Waals surface area contributed by atoms with Gasteiger partial charge in [-0.15, -0.1) is 0 Å². The number of nitrogens with one attached hydrogen (secondary N) is 1. The third-order valence-corrected chi connectivity index (χ3v) is 4.75. The van der Waals surface area contributed by atoms with Gasteiger partial charge in [-0.25, -0.2) is 0 Å². The first kappa shape index (κ1) is 16.7. The Balaban J connectivity index is 1.91. The van der Waals surface area contributed by atoms with Crippen LogP contribution in [-0.4, -0.2) is 70.9 Å². The van der Waals surface area contributed by atoms with Crippen molar-refractivity contribution in [2.24, 2.45) is 11.7 Å². The van der Waals surface area contributed by atoms with Gasteiger partial charge in [-0.2, -0.15) is 0 Å². The molecular formula is C13H26BN3O4. The van der Waals surface area contributed by atoms with E-state index in [9.17, 15) is 9.90 Å². The lowest BCUT2D eigenvalue weighted by atomic mass is 9.78. The fraction of sp³-hybridized carbons (Fsp3) is 0.923. The fourth-order valence-electron chi connectivity index (χ4n) is 3.54. The Labute approximate surface area is 125 Å². The SMILES string of the molecule is N[C@@]1(C(=O)O)CN(C[C@@H]2CCCN2)C[C@@H]1CCCB(O)O. The van der Waals surface area contributed by atoms with Gasteiger partial charge in [0.25, 0.3) is 0 Å². The molecule has 0 radical (unpaired) electrons. The molecule has 6 N–H and O–H groups in total. The van der Waals surface area contributed by atoms with Crippen molar-refractivity contribution in [1.29, 1.82) is 0 Å². The second-order valence-electron chi connectivity index (χ2n) is 6.44. The smallest absolute Gasteiger partial charge is 0.451 e. The van der Waals surface area contributed by atoms with Crippen LogP contribution in [0.4, 0.5) is 0 Å². The number of likely N-dealkylation sites (tertiary alicyclic amines) is 1. The number of aliphatic carboxylic acids is 1. The molecular weight excluding hydrogens is 273 g/mol. The Hall–Kier alpha value is -0.665. The number of hydrogen-bond donors (Lipinski definition) is 5. The Morgan fingerprint density at radius 3 is 2.81 bits per heavy atom. The highest BCUT2D eigenvalue weighted by atomic mass is 16.4. The number of hydrogen-bond acceptors (Lipinski definition) is 6. The van der Waals surface area contributed by atoms with E-state index in [1.54, 1.807) is 0 Å². The second kappa shape index (κ2) is 7.06. The molecule has 0 amide bonds. The first-order valence-corrected chi connectivity index (χ1v) is 7.76. The van der Waals surface area contributed by atoms with Crippen LogP contribution in [0.15, 0.2) is 0 Å². The summed E-state index contributed by atoms with van der Waals surface area (Å²) in [7, 11) is -1.33. The Morgan fingerprint density at radius 2 is 2.24 bits per heavy atom. The molecule has 2 saturated heterocycles. The van der Waals surface area contributed by atoms with Gasteiger partial charge >= 0.3 is 13.1 Å². The number of nitrogens with zero attached hydrogens (tertiary/aromatic N) is 1. The van der Waals surface area contributed by atoms with Crippen LogP contribution in [0.25, 0.3) is 0 Å². The molecule has 0 spiro atoms. The highest BCUT2D eigenvalue weighted by molar-refractivity contribution is 6.40. The summed E-state index contributed by atoms with van der Waals surface area (Å²) in [5.41, 5.74) is 4.92. The van der Waals surface area contributed by atoms with Crippen LogP contribution < -0.4 is 11.1 Å². The second-order valence-corrected chi connectivity index (χ2v) is 6.44. The van der Waals surface area contributed by atoms with Crippen LogP contribution in [0.3, 0.4) is 0 Å². The normalized spacial score (nSPS) is 33.5. The van der Waals surface area contributed by atoms with Crippen molar-refractivity contribution >= 4 is 13.1 Å². The lowest BCUT2D eigenvalue weighted by Gasteiger charge is -2.25. The van der Waals surface area contributed by atoms with Crippen LogP contribution >= 0.6 is 0 Å². The van der Waals surface area contributed by atoms with E-state index in [1.165, 1.54) is 6.42 Å². The van der Waals surface area contributed by atoms with Crippen LogP contribution in [0.2, 0.25) is 6.32 Å². The van der Waals surface area contributed by atoms with E-state index in [2.05, 4.69) is 10.2 Å². The minimum absolute atomic E-state index is 0.143. The van der Waals surface area contributed by atoms with Crippen LogP contribution in [0.5, 0.6) is 0 Å². The molecule has 0 saturated carbocycles. The molecule has 21 heavy (non-hydrogen) atoms. The zero-order chi connectivity index (χ0) is 15.5. The standard InChI is InChI=1S/C13H26BN3O4/c15-13(12(18)19)9-17(8-11-4-2-6-16-11)7-10(13)3-1-5-14(20)21/h10-11,16,20-21H,1-9,15H2,(H,18,19)/t10-,11-,13-/m0/s1. The minimum Gasteiger partial charge on any atom is -0.480 e. The molecule has 3 atom stereocenters. The Morgan fingerprint density at radius 1 is 1.48 bits per heavy atom. The summed E-state index contributed by atoms with van der Waals surface area (Å²) >= 11 is 0. The van der Waals surface area contributed by atoms with E-state index < -0.39 is 18.6 Å². The van der Waals surface area contributed by atoms with Crippen molar-refractivity contribution < 1.29 is 19.9 Å². The zero-order valence-corrected chi connectivity index (χ0v) is 12.4. The van der Waals surface area contributed by atoms with Gasteiger partial charge < -0.3 is 26.2 Å². The van der Waals surface area contributed by atoms with Crippen molar-refractivity contribution in [3.8, 4) is 0 Å². The Kier molecular flexibility index (Phi) is 5.62. The number of carbonyl (C=O) groups is 1.